The van der Waals surface area contributed by atoms with Crippen LogP contribution in [0.5, 0.6) is 5.75 Å². The Bertz CT molecular complexity index is 319. The quantitative estimate of drug-likeness (QED) is 0.765. The normalized spacial score (nSPS) is 12.9. The Labute approximate surface area is 89.3 Å². The molecule has 0 bridgehead atoms. The molecule has 4 N–H and O–H groups in total. The van der Waals surface area contributed by atoms with Gasteiger partial charge in [0, 0.05) is 10.0 Å². The maximum absolute atomic E-state index is 9.53. The first kappa shape index (κ1) is 10.8. The van der Waals surface area contributed by atoms with Crippen molar-refractivity contribution in [3.05, 3.63) is 27.2 Å². The highest BCUT2D eigenvalue weighted by Gasteiger charge is 2.14. The third kappa shape index (κ3) is 2.14. The Kier molecular flexibility index (Phi) is 3.55. The number of hydrogen-bond acceptors (Lipinski definition) is 3. The third-order valence-corrected chi connectivity index (χ3v) is 2.97. The fourth-order valence-electron chi connectivity index (χ4n) is 0.952. The van der Waals surface area contributed by atoms with Crippen molar-refractivity contribution in [1.82, 2.24) is 0 Å². The summed E-state index contributed by atoms with van der Waals surface area (Å²) in [4.78, 5) is 0. The lowest BCUT2D eigenvalue weighted by Crippen LogP contribution is -2.14. The fraction of sp³-hybridized carbons (Fsp3) is 0.250. The average Bonchev–Trinajstić information content (AvgIpc) is 2.13. The zero-order valence-electron chi connectivity index (χ0n) is 6.67. The van der Waals surface area contributed by atoms with Gasteiger partial charge in [-0.15, -0.1) is 0 Å². The summed E-state index contributed by atoms with van der Waals surface area (Å²) in [5, 5.41) is 18.5. The van der Waals surface area contributed by atoms with Gasteiger partial charge in [0.2, 0.25) is 0 Å². The Morgan fingerprint density at radius 2 is 2.15 bits per heavy atom. The van der Waals surface area contributed by atoms with Gasteiger partial charge in [-0.3, -0.25) is 0 Å². The van der Waals surface area contributed by atoms with Crippen LogP contribution in [0.3, 0.4) is 0 Å². The predicted molar refractivity (Wildman–Crippen MR) is 54.8 cm³/mol. The highest BCUT2D eigenvalue weighted by Crippen LogP contribution is 2.36. The molecule has 0 fully saturated rings. The lowest BCUT2D eigenvalue weighted by molar-refractivity contribution is 0.265. The summed E-state index contributed by atoms with van der Waals surface area (Å²) < 4.78 is 0.598. The number of hydrogen-bond donors (Lipinski definition) is 3. The van der Waals surface area contributed by atoms with E-state index in [-0.39, 0.29) is 17.4 Å². The van der Waals surface area contributed by atoms with E-state index in [2.05, 4.69) is 15.9 Å². The number of benzene rings is 1. The van der Waals surface area contributed by atoms with Gasteiger partial charge >= 0.3 is 0 Å². The first-order chi connectivity index (χ1) is 6.07. The molecule has 0 aromatic heterocycles. The molecule has 1 aromatic rings. The fourth-order valence-corrected chi connectivity index (χ4v) is 1.44. The van der Waals surface area contributed by atoms with Gasteiger partial charge in [-0.2, -0.15) is 0 Å². The summed E-state index contributed by atoms with van der Waals surface area (Å²) in [7, 11) is 0. The van der Waals surface area contributed by atoms with Gasteiger partial charge < -0.3 is 15.9 Å². The highest BCUT2D eigenvalue weighted by atomic mass is 79.9. The number of halogens is 2. The van der Waals surface area contributed by atoms with E-state index in [9.17, 15) is 5.11 Å². The van der Waals surface area contributed by atoms with Crippen LogP contribution >= 0.6 is 27.5 Å². The van der Waals surface area contributed by atoms with Gasteiger partial charge in [-0.05, 0) is 22.0 Å². The van der Waals surface area contributed by atoms with Crippen LogP contribution in [-0.4, -0.2) is 16.8 Å². The van der Waals surface area contributed by atoms with Gasteiger partial charge in [-0.1, -0.05) is 17.7 Å². The van der Waals surface area contributed by atoms with Crippen LogP contribution in [0.4, 0.5) is 0 Å². The molecule has 0 aliphatic heterocycles. The summed E-state index contributed by atoms with van der Waals surface area (Å²) >= 11 is 8.91. The smallest absolute Gasteiger partial charge is 0.140 e. The molecule has 0 spiro atoms. The number of aliphatic hydroxyl groups excluding tert-OH is 1. The summed E-state index contributed by atoms with van der Waals surface area (Å²) in [6.45, 7) is -0.231. The van der Waals surface area contributed by atoms with Crippen LogP contribution in [0.2, 0.25) is 5.02 Å². The molecule has 0 radical (unpaired) electrons. The van der Waals surface area contributed by atoms with E-state index in [1.807, 2.05) is 0 Å². The molecule has 5 heteroatoms. The van der Waals surface area contributed by atoms with Gasteiger partial charge in [0.25, 0.3) is 0 Å². The van der Waals surface area contributed by atoms with Gasteiger partial charge in [0.05, 0.1) is 17.7 Å². The van der Waals surface area contributed by atoms with Crippen molar-refractivity contribution in [2.24, 2.45) is 5.73 Å². The van der Waals surface area contributed by atoms with E-state index in [1.54, 1.807) is 12.1 Å². The molecule has 0 amide bonds. The molecule has 3 nitrogen and oxygen atoms in total. The molecule has 0 aliphatic rings. The van der Waals surface area contributed by atoms with E-state index in [4.69, 9.17) is 22.4 Å². The molecule has 1 unspecified atom stereocenters. The van der Waals surface area contributed by atoms with E-state index in [0.29, 0.717) is 10.0 Å². The van der Waals surface area contributed by atoms with E-state index in [1.165, 1.54) is 0 Å². The van der Waals surface area contributed by atoms with Crippen LogP contribution in [0.25, 0.3) is 0 Å². The zero-order valence-corrected chi connectivity index (χ0v) is 9.01. The lowest BCUT2D eigenvalue weighted by Gasteiger charge is -2.12. The molecule has 13 heavy (non-hydrogen) atoms. The summed E-state index contributed by atoms with van der Waals surface area (Å²) in [6.07, 6.45) is 0. The molecule has 1 atom stereocenters. The number of aromatic hydroxyl groups is 1. The second-order valence-electron chi connectivity index (χ2n) is 2.59. The molecular weight excluding hydrogens is 257 g/mol. The Balaban J connectivity index is 3.18. The number of nitrogens with two attached hydrogens (primary N) is 1. The predicted octanol–water partition coefficient (Wildman–Crippen LogP) is 1.80. The molecule has 0 saturated carbocycles. The topological polar surface area (TPSA) is 66.5 Å². The van der Waals surface area contributed by atoms with Crippen LogP contribution < -0.4 is 5.73 Å². The van der Waals surface area contributed by atoms with Crippen LogP contribution in [-0.2, 0) is 0 Å². The van der Waals surface area contributed by atoms with Gasteiger partial charge in [0.15, 0.2) is 0 Å². The van der Waals surface area contributed by atoms with Crippen LogP contribution in [0, 0.1) is 0 Å². The first-order valence-corrected chi connectivity index (χ1v) is 4.78. The van der Waals surface area contributed by atoms with Crippen molar-refractivity contribution in [3.63, 3.8) is 0 Å². The molecule has 0 saturated heterocycles. The van der Waals surface area contributed by atoms with Crippen molar-refractivity contribution in [2.45, 2.75) is 6.04 Å². The summed E-state index contributed by atoms with van der Waals surface area (Å²) in [5.74, 6) is -0.0856. The van der Waals surface area contributed by atoms with Gasteiger partial charge in [0.1, 0.15) is 5.75 Å². The minimum Gasteiger partial charge on any atom is -0.506 e. The molecule has 1 rings (SSSR count). The number of phenols is 1. The maximum atomic E-state index is 9.53. The molecule has 1 aromatic carbocycles. The average molecular weight is 267 g/mol. The standard InChI is InChI=1S/C8H9BrClNO2/c9-5-2-1-4(6(11)3-12)8(13)7(5)10/h1-2,6,12-13H,3,11H2. The second-order valence-corrected chi connectivity index (χ2v) is 3.82. The van der Waals surface area contributed by atoms with Crippen molar-refractivity contribution in [3.8, 4) is 5.75 Å². The summed E-state index contributed by atoms with van der Waals surface area (Å²) in [5.41, 5.74) is 5.97. The zero-order chi connectivity index (χ0) is 10.0. The third-order valence-electron chi connectivity index (χ3n) is 1.70. The monoisotopic (exact) mass is 265 g/mol. The largest absolute Gasteiger partial charge is 0.506 e. The molecule has 0 heterocycles. The first-order valence-electron chi connectivity index (χ1n) is 3.61. The number of rotatable bonds is 2. The number of phenolic OH excluding ortho intramolecular Hbond substituents is 1. The highest BCUT2D eigenvalue weighted by molar-refractivity contribution is 9.10. The molecule has 0 aliphatic carbocycles. The van der Waals surface area contributed by atoms with Crippen molar-refractivity contribution >= 4 is 27.5 Å². The maximum Gasteiger partial charge on any atom is 0.140 e. The minimum atomic E-state index is -0.606. The van der Waals surface area contributed by atoms with E-state index in [0.717, 1.165) is 0 Å². The Morgan fingerprint density at radius 1 is 1.54 bits per heavy atom. The minimum absolute atomic E-state index is 0.0856. The van der Waals surface area contributed by atoms with Crippen molar-refractivity contribution in [1.29, 1.82) is 0 Å². The van der Waals surface area contributed by atoms with Gasteiger partial charge in [-0.25, -0.2) is 0 Å². The van der Waals surface area contributed by atoms with E-state index < -0.39 is 6.04 Å². The lowest BCUT2D eigenvalue weighted by atomic mass is 10.1. The molecule has 72 valence electrons. The Hall–Kier alpha value is -0.290. The Morgan fingerprint density at radius 3 is 2.69 bits per heavy atom. The SMILES string of the molecule is NC(CO)c1ccc(Br)c(Cl)c1O. The van der Waals surface area contributed by atoms with E-state index >= 15 is 0 Å². The van der Waals surface area contributed by atoms with Crippen LogP contribution in [0.15, 0.2) is 16.6 Å². The number of aliphatic hydroxyl groups is 1. The second kappa shape index (κ2) is 4.28. The van der Waals surface area contributed by atoms with Crippen LogP contribution in [0.1, 0.15) is 11.6 Å². The summed E-state index contributed by atoms with van der Waals surface area (Å²) in [6, 6.07) is 2.68. The van der Waals surface area contributed by atoms with Crippen molar-refractivity contribution in [2.75, 3.05) is 6.61 Å². The van der Waals surface area contributed by atoms with Crippen molar-refractivity contribution < 1.29 is 10.2 Å². The molecular formula is C8H9BrClNO2.